The van der Waals surface area contributed by atoms with E-state index in [1.165, 1.54) is 12.1 Å². The van der Waals surface area contributed by atoms with Crippen LogP contribution in [0.4, 0.5) is 13.2 Å². The topological polar surface area (TPSA) is 35.2 Å². The van der Waals surface area contributed by atoms with Crippen molar-refractivity contribution in [2.75, 3.05) is 0 Å². The molecule has 0 spiro atoms. The van der Waals surface area contributed by atoms with E-state index in [-0.39, 0.29) is 17.2 Å². The second kappa shape index (κ2) is 6.48. The number of hydrogen-bond donors (Lipinski definition) is 1. The molecule has 0 saturated carbocycles. The lowest BCUT2D eigenvalue weighted by Crippen LogP contribution is -2.34. The molecule has 0 aliphatic rings. The second-order valence-corrected chi connectivity index (χ2v) is 6.06. The van der Waals surface area contributed by atoms with Gasteiger partial charge in [0.2, 0.25) is 0 Å². The first-order valence-electron chi connectivity index (χ1n) is 6.68. The Hall–Kier alpha value is -1.23. The van der Waals surface area contributed by atoms with Gasteiger partial charge in [0.25, 0.3) is 0 Å². The van der Waals surface area contributed by atoms with E-state index in [1.807, 2.05) is 0 Å². The summed E-state index contributed by atoms with van der Waals surface area (Å²) in [5.74, 6) is -0.187. The van der Waals surface area contributed by atoms with E-state index >= 15 is 0 Å². The average molecular weight is 289 g/mol. The molecule has 0 aromatic heterocycles. The Labute approximate surface area is 118 Å². The predicted octanol–water partition coefficient (Wildman–Crippen LogP) is 4.28. The van der Waals surface area contributed by atoms with E-state index < -0.39 is 6.36 Å². The van der Waals surface area contributed by atoms with Gasteiger partial charge in [-0.2, -0.15) is 0 Å². The largest absolute Gasteiger partial charge is 0.573 e. The maximum absolute atomic E-state index is 12.0. The van der Waals surface area contributed by atoms with Crippen molar-refractivity contribution in [3.63, 3.8) is 0 Å². The van der Waals surface area contributed by atoms with Gasteiger partial charge in [-0.1, -0.05) is 32.9 Å². The number of alkyl halides is 3. The zero-order valence-electron chi connectivity index (χ0n) is 12.1. The normalized spacial score (nSPS) is 14.2. The van der Waals surface area contributed by atoms with Gasteiger partial charge in [-0.3, -0.25) is 0 Å². The molecule has 114 valence electrons. The molecule has 5 heteroatoms. The lowest BCUT2D eigenvalue weighted by Gasteiger charge is -2.26. The first kappa shape index (κ1) is 16.8. The molecular formula is C15H22F3NO. The summed E-state index contributed by atoms with van der Waals surface area (Å²) in [4.78, 5) is 0. The number of halogens is 3. The van der Waals surface area contributed by atoms with Gasteiger partial charge in [-0.15, -0.1) is 13.2 Å². The average Bonchev–Trinajstić information content (AvgIpc) is 2.28. The maximum Gasteiger partial charge on any atom is 0.573 e. The molecule has 1 aromatic carbocycles. The van der Waals surface area contributed by atoms with Crippen LogP contribution in [-0.2, 0) is 6.42 Å². The van der Waals surface area contributed by atoms with E-state index in [4.69, 9.17) is 5.73 Å². The maximum atomic E-state index is 12.0. The fourth-order valence-electron chi connectivity index (χ4n) is 1.82. The molecule has 2 N–H and O–H groups in total. The Morgan fingerprint density at radius 1 is 1.10 bits per heavy atom. The highest BCUT2D eigenvalue weighted by molar-refractivity contribution is 5.27. The van der Waals surface area contributed by atoms with Gasteiger partial charge in [0.15, 0.2) is 0 Å². The van der Waals surface area contributed by atoms with Crippen molar-refractivity contribution in [2.45, 2.75) is 52.4 Å². The number of hydrogen-bond acceptors (Lipinski definition) is 2. The first-order chi connectivity index (χ1) is 9.08. The summed E-state index contributed by atoms with van der Waals surface area (Å²) < 4.78 is 39.9. The smallest absolute Gasteiger partial charge is 0.406 e. The fourth-order valence-corrected chi connectivity index (χ4v) is 1.82. The Kier molecular flexibility index (Phi) is 5.45. The minimum absolute atomic E-state index is 0.0738. The van der Waals surface area contributed by atoms with Crippen molar-refractivity contribution in [3.8, 4) is 5.75 Å². The van der Waals surface area contributed by atoms with Crippen LogP contribution in [0.15, 0.2) is 24.3 Å². The van der Waals surface area contributed by atoms with Gasteiger partial charge in [-0.25, -0.2) is 0 Å². The number of aryl methyl sites for hydroxylation is 1. The lowest BCUT2D eigenvalue weighted by molar-refractivity contribution is -0.274. The van der Waals surface area contributed by atoms with E-state index in [0.717, 1.165) is 24.8 Å². The highest BCUT2D eigenvalue weighted by atomic mass is 19.4. The van der Waals surface area contributed by atoms with Gasteiger partial charge in [0.05, 0.1) is 0 Å². The quantitative estimate of drug-likeness (QED) is 0.878. The molecule has 2 nitrogen and oxygen atoms in total. The minimum Gasteiger partial charge on any atom is -0.406 e. The highest BCUT2D eigenvalue weighted by Gasteiger charge is 2.30. The van der Waals surface area contributed by atoms with Crippen molar-refractivity contribution in [1.29, 1.82) is 0 Å². The van der Waals surface area contributed by atoms with Crippen LogP contribution in [0.1, 0.15) is 39.2 Å². The Bertz CT molecular complexity index is 407. The molecule has 1 rings (SSSR count). The number of ether oxygens (including phenoxy) is 1. The third kappa shape index (κ3) is 6.28. The molecule has 1 atom stereocenters. The zero-order valence-corrected chi connectivity index (χ0v) is 12.1. The summed E-state index contributed by atoms with van der Waals surface area (Å²) in [7, 11) is 0. The van der Waals surface area contributed by atoms with E-state index in [9.17, 15) is 13.2 Å². The first-order valence-corrected chi connectivity index (χ1v) is 6.68. The molecule has 1 unspecified atom stereocenters. The van der Waals surface area contributed by atoms with Crippen LogP contribution in [0, 0.1) is 5.41 Å². The third-order valence-electron chi connectivity index (χ3n) is 3.25. The van der Waals surface area contributed by atoms with E-state index in [0.29, 0.717) is 0 Å². The van der Waals surface area contributed by atoms with Crippen LogP contribution in [0.25, 0.3) is 0 Å². The summed E-state index contributed by atoms with van der Waals surface area (Å²) >= 11 is 0. The summed E-state index contributed by atoms with van der Waals surface area (Å²) in [5.41, 5.74) is 7.12. The van der Waals surface area contributed by atoms with Gasteiger partial charge < -0.3 is 10.5 Å². The summed E-state index contributed by atoms with van der Waals surface area (Å²) in [6.07, 6.45) is -2.03. The molecule has 0 heterocycles. The molecule has 0 saturated heterocycles. The minimum atomic E-state index is -4.64. The van der Waals surface area contributed by atoms with E-state index in [1.54, 1.807) is 12.1 Å². The van der Waals surface area contributed by atoms with Crippen molar-refractivity contribution in [3.05, 3.63) is 29.8 Å². The van der Waals surface area contributed by atoms with Crippen molar-refractivity contribution >= 4 is 0 Å². The second-order valence-electron chi connectivity index (χ2n) is 6.06. The van der Waals surface area contributed by atoms with Gasteiger partial charge in [0, 0.05) is 6.04 Å². The predicted molar refractivity (Wildman–Crippen MR) is 73.5 cm³/mol. The van der Waals surface area contributed by atoms with Crippen LogP contribution >= 0.6 is 0 Å². The highest BCUT2D eigenvalue weighted by Crippen LogP contribution is 2.24. The number of rotatable bonds is 5. The molecule has 0 radical (unpaired) electrons. The summed E-state index contributed by atoms with van der Waals surface area (Å²) in [6, 6.07) is 6.11. The van der Waals surface area contributed by atoms with Crippen LogP contribution in [-0.4, -0.2) is 12.4 Å². The monoisotopic (exact) mass is 289 g/mol. The van der Waals surface area contributed by atoms with Gasteiger partial charge >= 0.3 is 6.36 Å². The summed E-state index contributed by atoms with van der Waals surface area (Å²) in [5, 5.41) is 0. The number of nitrogens with two attached hydrogens (primary N) is 1. The lowest BCUT2D eigenvalue weighted by atomic mass is 9.84. The Morgan fingerprint density at radius 3 is 2.10 bits per heavy atom. The zero-order chi connectivity index (χ0) is 15.4. The molecule has 0 bridgehead atoms. The van der Waals surface area contributed by atoms with Crippen LogP contribution in [0.5, 0.6) is 5.75 Å². The van der Waals surface area contributed by atoms with Crippen molar-refractivity contribution < 1.29 is 17.9 Å². The van der Waals surface area contributed by atoms with Gasteiger partial charge in [-0.05, 0) is 42.4 Å². The fraction of sp³-hybridized carbons (Fsp3) is 0.600. The Morgan fingerprint density at radius 2 is 1.65 bits per heavy atom. The third-order valence-corrected chi connectivity index (χ3v) is 3.25. The summed E-state index contributed by atoms with van der Waals surface area (Å²) in [6.45, 7) is 6.29. The van der Waals surface area contributed by atoms with Crippen LogP contribution in [0.3, 0.4) is 0 Å². The molecular weight excluding hydrogens is 267 g/mol. The molecule has 20 heavy (non-hydrogen) atoms. The standard InChI is InChI=1S/C15H22F3NO/c1-14(2,3)13(19)6-4-5-11-7-9-12(10-8-11)20-15(16,17)18/h7-10,13H,4-6,19H2,1-3H3. The molecule has 0 aliphatic carbocycles. The van der Waals surface area contributed by atoms with E-state index in [2.05, 4.69) is 25.5 Å². The van der Waals surface area contributed by atoms with Crippen LogP contribution < -0.4 is 10.5 Å². The van der Waals surface area contributed by atoms with Crippen molar-refractivity contribution in [1.82, 2.24) is 0 Å². The Balaban J connectivity index is 2.43. The molecule has 0 aliphatic heterocycles. The SMILES string of the molecule is CC(C)(C)C(N)CCCc1ccc(OC(F)(F)F)cc1. The molecule has 0 amide bonds. The van der Waals surface area contributed by atoms with Gasteiger partial charge in [0.1, 0.15) is 5.75 Å². The molecule has 1 aromatic rings. The van der Waals surface area contributed by atoms with Crippen molar-refractivity contribution in [2.24, 2.45) is 11.1 Å². The van der Waals surface area contributed by atoms with Crippen LogP contribution in [0.2, 0.25) is 0 Å². The molecule has 0 fully saturated rings. The number of benzene rings is 1.